The molecular formula is C16H20N2. The number of likely N-dealkylation sites (tertiary alicyclic amines) is 1. The van der Waals surface area contributed by atoms with Crippen LogP contribution >= 0.6 is 0 Å². The van der Waals surface area contributed by atoms with E-state index in [1.54, 1.807) is 0 Å². The van der Waals surface area contributed by atoms with Gasteiger partial charge < -0.3 is 5.73 Å². The van der Waals surface area contributed by atoms with E-state index >= 15 is 0 Å². The quantitative estimate of drug-likeness (QED) is 0.893. The highest BCUT2D eigenvalue weighted by atomic mass is 15.2. The average molecular weight is 240 g/mol. The van der Waals surface area contributed by atoms with Crippen LogP contribution in [-0.4, -0.2) is 24.5 Å². The average Bonchev–Trinajstić information content (AvgIpc) is 2.87. The summed E-state index contributed by atoms with van der Waals surface area (Å²) in [4.78, 5) is 2.53. The molecule has 1 saturated heterocycles. The lowest BCUT2D eigenvalue weighted by Gasteiger charge is -2.25. The van der Waals surface area contributed by atoms with Crippen molar-refractivity contribution < 1.29 is 0 Å². The molecule has 0 bridgehead atoms. The van der Waals surface area contributed by atoms with Crippen LogP contribution in [0.1, 0.15) is 24.4 Å². The van der Waals surface area contributed by atoms with Crippen LogP contribution in [0.4, 0.5) is 0 Å². The maximum absolute atomic E-state index is 5.72. The van der Waals surface area contributed by atoms with Crippen molar-refractivity contribution in [1.29, 1.82) is 0 Å². The molecule has 0 aromatic heterocycles. The summed E-state index contributed by atoms with van der Waals surface area (Å²) in [5.41, 5.74) is 7.19. The van der Waals surface area contributed by atoms with Gasteiger partial charge in [-0.1, -0.05) is 42.5 Å². The van der Waals surface area contributed by atoms with Crippen molar-refractivity contribution in [2.24, 2.45) is 5.73 Å². The molecule has 1 aliphatic heterocycles. The van der Waals surface area contributed by atoms with Crippen molar-refractivity contribution in [2.75, 3.05) is 19.6 Å². The molecule has 1 aliphatic rings. The van der Waals surface area contributed by atoms with Gasteiger partial charge in [-0.05, 0) is 35.7 Å². The van der Waals surface area contributed by atoms with Crippen molar-refractivity contribution in [3.05, 3.63) is 48.0 Å². The van der Waals surface area contributed by atoms with E-state index in [1.807, 2.05) is 0 Å². The number of benzene rings is 2. The molecule has 0 spiro atoms. The van der Waals surface area contributed by atoms with Gasteiger partial charge in [0.1, 0.15) is 0 Å². The first-order valence-corrected chi connectivity index (χ1v) is 6.82. The van der Waals surface area contributed by atoms with Gasteiger partial charge in [0.05, 0.1) is 0 Å². The maximum Gasteiger partial charge on any atom is 0.0355 e. The zero-order valence-corrected chi connectivity index (χ0v) is 10.7. The summed E-state index contributed by atoms with van der Waals surface area (Å²) in [6.45, 7) is 2.94. The molecular weight excluding hydrogens is 220 g/mol. The van der Waals surface area contributed by atoms with Gasteiger partial charge in [-0.3, -0.25) is 4.90 Å². The second-order valence-electron chi connectivity index (χ2n) is 5.05. The first-order valence-electron chi connectivity index (χ1n) is 6.82. The topological polar surface area (TPSA) is 29.3 Å². The minimum atomic E-state index is 0.555. The number of nitrogens with two attached hydrogens (primary N) is 1. The second kappa shape index (κ2) is 5.09. The fourth-order valence-corrected chi connectivity index (χ4v) is 3.15. The van der Waals surface area contributed by atoms with E-state index in [1.165, 1.54) is 35.7 Å². The molecule has 94 valence electrons. The molecule has 1 fully saturated rings. The molecule has 2 N–H and O–H groups in total. The van der Waals surface area contributed by atoms with E-state index in [0.29, 0.717) is 6.04 Å². The summed E-state index contributed by atoms with van der Waals surface area (Å²) in [6.07, 6.45) is 2.54. The Labute approximate surface area is 108 Å². The van der Waals surface area contributed by atoms with E-state index in [9.17, 15) is 0 Å². The molecule has 1 heterocycles. The van der Waals surface area contributed by atoms with Crippen molar-refractivity contribution in [3.63, 3.8) is 0 Å². The molecule has 2 aromatic carbocycles. The molecule has 0 saturated carbocycles. The molecule has 2 aromatic rings. The van der Waals surface area contributed by atoms with Gasteiger partial charge >= 0.3 is 0 Å². The Balaban J connectivity index is 2.03. The van der Waals surface area contributed by atoms with Crippen LogP contribution in [0.2, 0.25) is 0 Å². The Morgan fingerprint density at radius 1 is 1.11 bits per heavy atom. The monoisotopic (exact) mass is 240 g/mol. The van der Waals surface area contributed by atoms with E-state index in [2.05, 4.69) is 47.4 Å². The highest BCUT2D eigenvalue weighted by Gasteiger charge is 2.26. The smallest absolute Gasteiger partial charge is 0.0355 e. The lowest BCUT2D eigenvalue weighted by Crippen LogP contribution is -2.29. The maximum atomic E-state index is 5.72. The van der Waals surface area contributed by atoms with Gasteiger partial charge in [0, 0.05) is 19.1 Å². The van der Waals surface area contributed by atoms with Crippen molar-refractivity contribution in [1.82, 2.24) is 4.90 Å². The fraction of sp³-hybridized carbons (Fsp3) is 0.375. The summed E-state index contributed by atoms with van der Waals surface area (Å²) >= 11 is 0. The summed E-state index contributed by atoms with van der Waals surface area (Å²) in [5, 5.41) is 2.74. The Morgan fingerprint density at radius 3 is 2.83 bits per heavy atom. The predicted molar refractivity (Wildman–Crippen MR) is 76.6 cm³/mol. The Bertz CT molecular complexity index is 530. The molecule has 1 atom stereocenters. The minimum absolute atomic E-state index is 0.555. The van der Waals surface area contributed by atoms with Gasteiger partial charge in [0.25, 0.3) is 0 Å². The zero-order chi connectivity index (χ0) is 12.4. The zero-order valence-electron chi connectivity index (χ0n) is 10.7. The molecule has 2 heteroatoms. The van der Waals surface area contributed by atoms with Crippen LogP contribution in [0.15, 0.2) is 42.5 Å². The van der Waals surface area contributed by atoms with Crippen molar-refractivity contribution in [2.45, 2.75) is 18.9 Å². The minimum Gasteiger partial charge on any atom is -0.329 e. The van der Waals surface area contributed by atoms with Crippen LogP contribution < -0.4 is 5.73 Å². The first kappa shape index (κ1) is 11.7. The van der Waals surface area contributed by atoms with Crippen molar-refractivity contribution >= 4 is 10.8 Å². The van der Waals surface area contributed by atoms with Crippen LogP contribution in [0, 0.1) is 0 Å². The fourth-order valence-electron chi connectivity index (χ4n) is 3.15. The standard InChI is InChI=1S/C16H20N2/c17-10-12-18-11-4-9-16(18)15-8-3-6-13-5-1-2-7-14(13)15/h1-3,5-8,16H,4,9-12,17H2. The van der Waals surface area contributed by atoms with Crippen molar-refractivity contribution in [3.8, 4) is 0 Å². The molecule has 0 amide bonds. The number of hydrogen-bond donors (Lipinski definition) is 1. The van der Waals surface area contributed by atoms with E-state index in [-0.39, 0.29) is 0 Å². The Hall–Kier alpha value is -1.38. The first-order chi connectivity index (χ1) is 8.90. The number of rotatable bonds is 3. The highest BCUT2D eigenvalue weighted by molar-refractivity contribution is 5.86. The number of fused-ring (bicyclic) bond motifs is 1. The molecule has 3 rings (SSSR count). The molecule has 2 nitrogen and oxygen atoms in total. The Kier molecular flexibility index (Phi) is 3.31. The normalized spacial score (nSPS) is 20.6. The molecule has 18 heavy (non-hydrogen) atoms. The second-order valence-corrected chi connectivity index (χ2v) is 5.05. The third-order valence-electron chi connectivity index (χ3n) is 3.96. The molecule has 0 radical (unpaired) electrons. The third kappa shape index (κ3) is 2.02. The van der Waals surface area contributed by atoms with Crippen LogP contribution in [0.3, 0.4) is 0 Å². The summed E-state index contributed by atoms with van der Waals surface area (Å²) in [5.74, 6) is 0. The predicted octanol–water partition coefficient (Wildman–Crippen LogP) is 2.94. The van der Waals surface area contributed by atoms with Gasteiger partial charge in [0.15, 0.2) is 0 Å². The van der Waals surface area contributed by atoms with Gasteiger partial charge in [-0.25, -0.2) is 0 Å². The van der Waals surface area contributed by atoms with Crippen LogP contribution in [0.5, 0.6) is 0 Å². The SMILES string of the molecule is NCCN1CCCC1c1cccc2ccccc12. The van der Waals surface area contributed by atoms with Gasteiger partial charge in [0.2, 0.25) is 0 Å². The lowest BCUT2D eigenvalue weighted by molar-refractivity contribution is 0.266. The summed E-state index contributed by atoms with van der Waals surface area (Å²) < 4.78 is 0. The summed E-state index contributed by atoms with van der Waals surface area (Å²) in [6, 6.07) is 15.9. The Morgan fingerprint density at radius 2 is 1.94 bits per heavy atom. The number of nitrogens with zero attached hydrogens (tertiary/aromatic N) is 1. The molecule has 1 unspecified atom stereocenters. The largest absolute Gasteiger partial charge is 0.329 e. The highest BCUT2D eigenvalue weighted by Crippen LogP contribution is 2.35. The van der Waals surface area contributed by atoms with E-state index in [0.717, 1.165) is 13.1 Å². The van der Waals surface area contributed by atoms with Crippen LogP contribution in [-0.2, 0) is 0 Å². The van der Waals surface area contributed by atoms with Gasteiger partial charge in [-0.2, -0.15) is 0 Å². The van der Waals surface area contributed by atoms with Crippen LogP contribution in [0.25, 0.3) is 10.8 Å². The third-order valence-corrected chi connectivity index (χ3v) is 3.96. The summed E-state index contributed by atoms with van der Waals surface area (Å²) in [7, 11) is 0. The van der Waals surface area contributed by atoms with Gasteiger partial charge in [-0.15, -0.1) is 0 Å². The molecule has 0 aliphatic carbocycles. The van der Waals surface area contributed by atoms with E-state index < -0.39 is 0 Å². The van der Waals surface area contributed by atoms with E-state index in [4.69, 9.17) is 5.73 Å². The number of hydrogen-bond acceptors (Lipinski definition) is 2. The lowest BCUT2D eigenvalue weighted by atomic mass is 9.97.